The van der Waals surface area contributed by atoms with Gasteiger partial charge in [0.25, 0.3) is 5.91 Å². The Kier molecular flexibility index (Phi) is 3.53. The maximum atomic E-state index is 11.8. The minimum absolute atomic E-state index is 0.0328. The second kappa shape index (κ2) is 5.00. The lowest BCUT2D eigenvalue weighted by atomic mass is 9.87. The molecule has 2 rings (SSSR count). The minimum Gasteiger partial charge on any atom is -0.480 e. The third-order valence-corrected chi connectivity index (χ3v) is 3.13. The first-order valence-electron chi connectivity index (χ1n) is 6.40. The number of amides is 1. The Balaban J connectivity index is 2.29. The molecule has 106 valence electrons. The second-order valence-corrected chi connectivity index (χ2v) is 5.81. The van der Waals surface area contributed by atoms with Crippen LogP contribution >= 0.6 is 0 Å². The van der Waals surface area contributed by atoms with Gasteiger partial charge in [-0.2, -0.15) is 0 Å². The normalized spacial score (nSPS) is 11.6. The van der Waals surface area contributed by atoms with E-state index in [1.165, 1.54) is 5.56 Å². The van der Waals surface area contributed by atoms with Crippen LogP contribution in [0.15, 0.2) is 24.3 Å². The molecule has 5 heteroatoms. The molecule has 5 nitrogen and oxygen atoms in total. The van der Waals surface area contributed by atoms with E-state index in [0.29, 0.717) is 5.69 Å². The molecule has 0 bridgehead atoms. The third-order valence-electron chi connectivity index (χ3n) is 3.13. The zero-order chi connectivity index (χ0) is 14.9. The monoisotopic (exact) mass is 274 g/mol. The number of carbonyl (C=O) groups excluding carboxylic acids is 1. The average molecular weight is 274 g/mol. The van der Waals surface area contributed by atoms with Gasteiger partial charge < -0.3 is 15.4 Å². The van der Waals surface area contributed by atoms with Crippen LogP contribution in [0.4, 0.5) is 0 Å². The summed E-state index contributed by atoms with van der Waals surface area (Å²) >= 11 is 0. The van der Waals surface area contributed by atoms with Gasteiger partial charge in [0.15, 0.2) is 0 Å². The van der Waals surface area contributed by atoms with Crippen molar-refractivity contribution in [1.29, 1.82) is 0 Å². The first kappa shape index (κ1) is 14.1. The molecule has 1 aromatic carbocycles. The average Bonchev–Trinajstić information content (AvgIpc) is 2.77. The van der Waals surface area contributed by atoms with Gasteiger partial charge in [0, 0.05) is 10.9 Å². The van der Waals surface area contributed by atoms with Crippen LogP contribution in [0.2, 0.25) is 0 Å². The van der Waals surface area contributed by atoms with Crippen LogP contribution in [0.5, 0.6) is 0 Å². The maximum absolute atomic E-state index is 11.8. The Hall–Kier alpha value is -2.30. The van der Waals surface area contributed by atoms with Gasteiger partial charge in [-0.15, -0.1) is 0 Å². The van der Waals surface area contributed by atoms with Crippen molar-refractivity contribution >= 4 is 22.8 Å². The molecule has 0 aliphatic carbocycles. The van der Waals surface area contributed by atoms with Crippen LogP contribution in [-0.2, 0) is 10.2 Å². The molecule has 0 spiro atoms. The van der Waals surface area contributed by atoms with Gasteiger partial charge >= 0.3 is 5.97 Å². The van der Waals surface area contributed by atoms with E-state index in [1.54, 1.807) is 6.07 Å². The van der Waals surface area contributed by atoms with Gasteiger partial charge in [0.05, 0.1) is 0 Å². The Morgan fingerprint density at radius 3 is 2.55 bits per heavy atom. The third kappa shape index (κ3) is 2.99. The number of carboxylic acid groups (broad SMARTS) is 1. The molecular weight excluding hydrogens is 256 g/mol. The molecule has 0 aliphatic rings. The standard InChI is InChI=1S/C15H18N2O3/c1-15(2,3)10-5-4-9-6-12(17-11(9)7-10)14(20)16-8-13(18)19/h4-7,17H,8H2,1-3H3,(H,16,20)(H,18,19). The van der Waals surface area contributed by atoms with Crippen molar-refractivity contribution in [3.8, 4) is 0 Å². The first-order valence-corrected chi connectivity index (χ1v) is 6.40. The Bertz CT molecular complexity index is 665. The van der Waals surface area contributed by atoms with Crippen LogP contribution < -0.4 is 5.32 Å². The molecule has 1 heterocycles. The van der Waals surface area contributed by atoms with E-state index in [2.05, 4.69) is 31.1 Å². The Morgan fingerprint density at radius 2 is 1.95 bits per heavy atom. The van der Waals surface area contributed by atoms with E-state index < -0.39 is 11.9 Å². The topological polar surface area (TPSA) is 82.2 Å². The lowest BCUT2D eigenvalue weighted by Gasteiger charge is -2.18. The van der Waals surface area contributed by atoms with E-state index in [4.69, 9.17) is 5.11 Å². The Morgan fingerprint density at radius 1 is 1.25 bits per heavy atom. The number of hydrogen-bond acceptors (Lipinski definition) is 2. The van der Waals surface area contributed by atoms with Crippen LogP contribution in [-0.4, -0.2) is 28.5 Å². The van der Waals surface area contributed by atoms with Crippen molar-refractivity contribution in [2.45, 2.75) is 26.2 Å². The molecule has 1 aromatic heterocycles. The molecule has 0 radical (unpaired) electrons. The summed E-state index contributed by atoms with van der Waals surface area (Å²) in [5.41, 5.74) is 2.44. The molecule has 0 aliphatic heterocycles. The number of H-pyrrole nitrogens is 1. The number of carboxylic acids is 1. The summed E-state index contributed by atoms with van der Waals surface area (Å²) in [4.78, 5) is 25.3. The van der Waals surface area contributed by atoms with Crippen molar-refractivity contribution in [2.24, 2.45) is 0 Å². The second-order valence-electron chi connectivity index (χ2n) is 5.81. The Labute approximate surface area is 117 Å². The van der Waals surface area contributed by atoms with Gasteiger partial charge in [0.2, 0.25) is 0 Å². The number of rotatable bonds is 3. The highest BCUT2D eigenvalue weighted by Crippen LogP contribution is 2.26. The first-order chi connectivity index (χ1) is 9.27. The van der Waals surface area contributed by atoms with Crippen molar-refractivity contribution in [1.82, 2.24) is 10.3 Å². The lowest BCUT2D eigenvalue weighted by molar-refractivity contribution is -0.135. The molecule has 2 aromatic rings. The SMILES string of the molecule is CC(C)(C)c1ccc2cc(C(=O)NCC(=O)O)[nH]c2c1. The number of aromatic amines is 1. The quantitative estimate of drug-likeness (QED) is 0.803. The lowest BCUT2D eigenvalue weighted by Crippen LogP contribution is -2.29. The van der Waals surface area contributed by atoms with Crippen molar-refractivity contribution < 1.29 is 14.7 Å². The van der Waals surface area contributed by atoms with Crippen molar-refractivity contribution in [2.75, 3.05) is 6.54 Å². The van der Waals surface area contributed by atoms with E-state index >= 15 is 0 Å². The maximum Gasteiger partial charge on any atom is 0.322 e. The molecule has 20 heavy (non-hydrogen) atoms. The predicted molar refractivity (Wildman–Crippen MR) is 77.0 cm³/mol. The number of carbonyl (C=O) groups is 2. The fourth-order valence-corrected chi connectivity index (χ4v) is 1.97. The summed E-state index contributed by atoms with van der Waals surface area (Å²) in [6, 6.07) is 7.73. The summed E-state index contributed by atoms with van der Waals surface area (Å²) < 4.78 is 0. The molecule has 0 fully saturated rings. The summed E-state index contributed by atoms with van der Waals surface area (Å²) in [7, 11) is 0. The van der Waals surface area contributed by atoms with Crippen LogP contribution in [0.25, 0.3) is 10.9 Å². The van der Waals surface area contributed by atoms with E-state index in [0.717, 1.165) is 10.9 Å². The zero-order valence-corrected chi connectivity index (χ0v) is 11.8. The summed E-state index contributed by atoms with van der Waals surface area (Å²) in [6.45, 7) is 5.98. The highest BCUT2D eigenvalue weighted by Gasteiger charge is 2.15. The zero-order valence-electron chi connectivity index (χ0n) is 11.8. The minimum atomic E-state index is -1.07. The molecule has 0 saturated carbocycles. The van der Waals surface area contributed by atoms with Crippen LogP contribution in [0, 0.1) is 0 Å². The van der Waals surface area contributed by atoms with E-state index in [1.807, 2.05) is 18.2 Å². The summed E-state index contributed by atoms with van der Waals surface area (Å²) in [6.07, 6.45) is 0. The molecule has 0 unspecified atom stereocenters. The van der Waals surface area contributed by atoms with E-state index in [9.17, 15) is 9.59 Å². The van der Waals surface area contributed by atoms with Gasteiger partial charge in [-0.3, -0.25) is 9.59 Å². The van der Waals surface area contributed by atoms with Crippen molar-refractivity contribution in [3.05, 3.63) is 35.5 Å². The number of benzene rings is 1. The smallest absolute Gasteiger partial charge is 0.322 e. The summed E-state index contributed by atoms with van der Waals surface area (Å²) in [5.74, 6) is -1.48. The highest BCUT2D eigenvalue weighted by molar-refractivity contribution is 5.99. The molecule has 3 N–H and O–H groups in total. The fourth-order valence-electron chi connectivity index (χ4n) is 1.97. The largest absolute Gasteiger partial charge is 0.480 e. The van der Waals surface area contributed by atoms with Gasteiger partial charge in [-0.05, 0) is 23.1 Å². The highest BCUT2D eigenvalue weighted by atomic mass is 16.4. The van der Waals surface area contributed by atoms with Gasteiger partial charge in [-0.1, -0.05) is 32.9 Å². The molecular formula is C15H18N2O3. The number of nitrogens with one attached hydrogen (secondary N) is 2. The van der Waals surface area contributed by atoms with Crippen LogP contribution in [0.1, 0.15) is 36.8 Å². The summed E-state index contributed by atoms with van der Waals surface area (Å²) in [5, 5.41) is 11.8. The molecule has 0 saturated heterocycles. The number of fused-ring (bicyclic) bond motifs is 1. The number of aromatic nitrogens is 1. The number of hydrogen-bond donors (Lipinski definition) is 3. The van der Waals surface area contributed by atoms with Gasteiger partial charge in [0.1, 0.15) is 12.2 Å². The fraction of sp³-hybridized carbons (Fsp3) is 0.333. The molecule has 0 atom stereocenters. The van der Waals surface area contributed by atoms with Gasteiger partial charge in [-0.25, -0.2) is 0 Å². The number of aliphatic carboxylic acids is 1. The van der Waals surface area contributed by atoms with E-state index in [-0.39, 0.29) is 12.0 Å². The molecule has 1 amide bonds. The van der Waals surface area contributed by atoms with Crippen molar-refractivity contribution in [3.63, 3.8) is 0 Å². The predicted octanol–water partition coefficient (Wildman–Crippen LogP) is 2.28. The van der Waals surface area contributed by atoms with Crippen LogP contribution in [0.3, 0.4) is 0 Å².